The molecule has 134 valence electrons. The number of hydrogen-bond acceptors (Lipinski definition) is 7. The monoisotopic (exact) mass is 382 g/mol. The normalized spacial score (nSPS) is 11.8. The van der Waals surface area contributed by atoms with Gasteiger partial charge in [0.15, 0.2) is 5.03 Å². The maximum atomic E-state index is 12.7. The van der Waals surface area contributed by atoms with Crippen LogP contribution in [0.25, 0.3) is 4.96 Å². The van der Waals surface area contributed by atoms with E-state index in [0.717, 1.165) is 5.01 Å². The Morgan fingerprint density at radius 1 is 1.16 bits per heavy atom. The van der Waals surface area contributed by atoms with Crippen LogP contribution in [0.2, 0.25) is 0 Å². The summed E-state index contributed by atoms with van der Waals surface area (Å²) >= 11 is 1.34. The summed E-state index contributed by atoms with van der Waals surface area (Å²) in [6.07, 6.45) is 0. The molecule has 1 aromatic carbocycles. The highest BCUT2D eigenvalue weighted by atomic mass is 32.2. The fraction of sp³-hybridized carbons (Fsp3) is 0.333. The lowest BCUT2D eigenvalue weighted by atomic mass is 10.2. The van der Waals surface area contributed by atoms with Crippen molar-refractivity contribution in [3.63, 3.8) is 0 Å². The summed E-state index contributed by atoms with van der Waals surface area (Å²) < 4.78 is 39.9. The number of aryl methyl sites for hydroxylation is 2. The summed E-state index contributed by atoms with van der Waals surface area (Å²) in [5, 5.41) is 5.03. The Kier molecular flexibility index (Phi) is 4.67. The van der Waals surface area contributed by atoms with Gasteiger partial charge < -0.3 is 9.47 Å². The first kappa shape index (κ1) is 17.6. The van der Waals surface area contributed by atoms with Crippen molar-refractivity contribution in [3.05, 3.63) is 34.5 Å². The molecule has 25 heavy (non-hydrogen) atoms. The molecule has 0 amide bonds. The molecule has 0 aliphatic heterocycles. The molecule has 3 aromatic rings. The molecule has 0 saturated carbocycles. The number of rotatable bonds is 6. The van der Waals surface area contributed by atoms with E-state index >= 15 is 0 Å². The molecule has 0 aliphatic rings. The first-order valence-electron chi connectivity index (χ1n) is 7.38. The van der Waals surface area contributed by atoms with Gasteiger partial charge >= 0.3 is 0 Å². The Hall–Kier alpha value is -2.17. The molecule has 0 atom stereocenters. The Labute approximate surface area is 149 Å². The van der Waals surface area contributed by atoms with Crippen molar-refractivity contribution in [2.24, 2.45) is 0 Å². The van der Waals surface area contributed by atoms with E-state index in [1.807, 2.05) is 0 Å². The van der Waals surface area contributed by atoms with Crippen LogP contribution in [0.5, 0.6) is 11.5 Å². The lowest BCUT2D eigenvalue weighted by molar-refractivity contribution is 0.393. The molecular weight excluding hydrogens is 364 g/mol. The first-order valence-corrected chi connectivity index (χ1v) is 9.68. The van der Waals surface area contributed by atoms with Gasteiger partial charge in [0.25, 0.3) is 10.0 Å². The van der Waals surface area contributed by atoms with E-state index in [4.69, 9.17) is 9.47 Å². The average Bonchev–Trinajstić information content (AvgIpc) is 3.06. The van der Waals surface area contributed by atoms with Gasteiger partial charge in [-0.2, -0.15) is 9.61 Å². The molecule has 0 fully saturated rings. The van der Waals surface area contributed by atoms with Crippen molar-refractivity contribution in [3.8, 4) is 11.5 Å². The number of sulfonamides is 1. The van der Waals surface area contributed by atoms with E-state index in [-0.39, 0.29) is 11.6 Å². The van der Waals surface area contributed by atoms with Crippen molar-refractivity contribution >= 4 is 26.3 Å². The zero-order valence-electron chi connectivity index (χ0n) is 14.2. The molecule has 8 nitrogen and oxygen atoms in total. The highest BCUT2D eigenvalue weighted by Gasteiger charge is 2.25. The summed E-state index contributed by atoms with van der Waals surface area (Å²) in [7, 11) is -0.703. The second kappa shape index (κ2) is 6.62. The van der Waals surface area contributed by atoms with Gasteiger partial charge in [-0.25, -0.2) is 18.1 Å². The molecule has 0 unspecified atom stereocenters. The van der Waals surface area contributed by atoms with Crippen LogP contribution in [0.3, 0.4) is 0 Å². The Morgan fingerprint density at radius 3 is 2.40 bits per heavy atom. The summed E-state index contributed by atoms with van der Waals surface area (Å²) in [4.78, 5) is 4.82. The molecule has 0 bridgehead atoms. The van der Waals surface area contributed by atoms with E-state index in [9.17, 15) is 8.42 Å². The van der Waals surface area contributed by atoms with Crippen molar-refractivity contribution in [2.75, 3.05) is 14.2 Å². The van der Waals surface area contributed by atoms with Gasteiger partial charge in [0, 0.05) is 12.6 Å². The van der Waals surface area contributed by atoms with Crippen molar-refractivity contribution in [2.45, 2.75) is 25.4 Å². The number of nitrogens with zero attached hydrogens (tertiary/aromatic N) is 3. The van der Waals surface area contributed by atoms with E-state index in [1.54, 1.807) is 46.3 Å². The lowest BCUT2D eigenvalue weighted by Gasteiger charge is -2.10. The number of aromatic nitrogens is 3. The summed E-state index contributed by atoms with van der Waals surface area (Å²) in [6, 6.07) is 5.22. The number of benzene rings is 1. The minimum absolute atomic E-state index is 0.0571. The maximum absolute atomic E-state index is 12.7. The fourth-order valence-corrected chi connectivity index (χ4v) is 4.58. The van der Waals surface area contributed by atoms with Gasteiger partial charge in [-0.3, -0.25) is 0 Å². The summed E-state index contributed by atoms with van der Waals surface area (Å²) in [5.74, 6) is 1.18. The minimum atomic E-state index is -3.79. The number of ether oxygens (including phenoxy) is 2. The molecule has 1 N–H and O–H groups in total. The van der Waals surface area contributed by atoms with Gasteiger partial charge in [-0.05, 0) is 31.5 Å². The predicted octanol–water partition coefficient (Wildman–Crippen LogP) is 1.90. The molecule has 0 radical (unpaired) electrons. The van der Waals surface area contributed by atoms with Crippen molar-refractivity contribution in [1.29, 1.82) is 0 Å². The molecule has 3 rings (SSSR count). The lowest BCUT2D eigenvalue weighted by Crippen LogP contribution is -2.25. The molecule has 2 heterocycles. The fourth-order valence-electron chi connectivity index (χ4n) is 2.45. The molecule has 0 aliphatic carbocycles. The topological polar surface area (TPSA) is 94.8 Å². The molecule has 0 spiro atoms. The number of fused-ring (bicyclic) bond motifs is 1. The first-order chi connectivity index (χ1) is 11.8. The number of hydrogen-bond donors (Lipinski definition) is 1. The molecule has 2 aromatic heterocycles. The second-order valence-electron chi connectivity index (χ2n) is 5.36. The van der Waals surface area contributed by atoms with Crippen LogP contribution in [0.1, 0.15) is 16.3 Å². The van der Waals surface area contributed by atoms with Crippen LogP contribution < -0.4 is 14.2 Å². The van der Waals surface area contributed by atoms with Gasteiger partial charge in [-0.1, -0.05) is 11.3 Å². The number of methoxy groups -OCH3 is 2. The summed E-state index contributed by atoms with van der Waals surface area (Å²) in [5.41, 5.74) is 1.13. The van der Waals surface area contributed by atoms with Crippen LogP contribution in [0.4, 0.5) is 0 Å². The average molecular weight is 382 g/mol. The SMILES string of the molecule is COc1cc(CNS(=O)(=O)c2c(C)nc3sc(C)nn23)cc(OC)c1. The third-order valence-corrected chi connectivity index (χ3v) is 5.88. The van der Waals surface area contributed by atoms with Crippen LogP contribution in [0.15, 0.2) is 23.2 Å². The van der Waals surface area contributed by atoms with Crippen molar-refractivity contribution < 1.29 is 17.9 Å². The smallest absolute Gasteiger partial charge is 0.260 e. The van der Waals surface area contributed by atoms with Gasteiger partial charge in [-0.15, -0.1) is 0 Å². The third kappa shape index (κ3) is 3.46. The molecular formula is C15H18N4O4S2. The standard InChI is InChI=1S/C15H18N4O4S2/c1-9-14(19-15(17-9)24-10(2)18-19)25(20,21)16-8-11-5-12(22-3)7-13(6-11)23-4/h5-7,16H,8H2,1-4H3. The van der Waals surface area contributed by atoms with E-state index in [0.29, 0.717) is 27.7 Å². The quantitative estimate of drug-likeness (QED) is 0.700. The third-order valence-electron chi connectivity index (χ3n) is 3.56. The van der Waals surface area contributed by atoms with Crippen LogP contribution >= 0.6 is 11.3 Å². The Morgan fingerprint density at radius 2 is 1.80 bits per heavy atom. The molecule has 10 heteroatoms. The van der Waals surface area contributed by atoms with Crippen molar-refractivity contribution in [1.82, 2.24) is 19.3 Å². The van der Waals surface area contributed by atoms with E-state index in [1.165, 1.54) is 15.9 Å². The van der Waals surface area contributed by atoms with E-state index < -0.39 is 10.0 Å². The van der Waals surface area contributed by atoms with Crippen LogP contribution in [-0.4, -0.2) is 37.2 Å². The number of imidazole rings is 1. The van der Waals surface area contributed by atoms with E-state index in [2.05, 4.69) is 14.8 Å². The maximum Gasteiger partial charge on any atom is 0.260 e. The van der Waals surface area contributed by atoms with Crippen LogP contribution in [0, 0.1) is 13.8 Å². The zero-order valence-corrected chi connectivity index (χ0v) is 15.9. The Bertz CT molecular complexity index is 1000. The summed E-state index contributed by atoms with van der Waals surface area (Å²) in [6.45, 7) is 3.55. The highest BCUT2D eigenvalue weighted by molar-refractivity contribution is 7.89. The zero-order chi connectivity index (χ0) is 18.2. The minimum Gasteiger partial charge on any atom is -0.497 e. The molecule has 0 saturated heterocycles. The predicted molar refractivity (Wildman–Crippen MR) is 93.9 cm³/mol. The van der Waals surface area contributed by atoms with Gasteiger partial charge in [0.2, 0.25) is 4.96 Å². The Balaban J connectivity index is 1.90. The van der Waals surface area contributed by atoms with Crippen LogP contribution in [-0.2, 0) is 16.6 Å². The largest absolute Gasteiger partial charge is 0.497 e. The van der Waals surface area contributed by atoms with Gasteiger partial charge in [0.05, 0.1) is 19.9 Å². The second-order valence-corrected chi connectivity index (χ2v) is 8.21. The van der Waals surface area contributed by atoms with Gasteiger partial charge in [0.1, 0.15) is 16.5 Å². The number of nitrogens with one attached hydrogen (secondary N) is 1. The highest BCUT2D eigenvalue weighted by Crippen LogP contribution is 2.24.